The SMILES string of the molecule is CC(C)(C)c1nnc(Cn2nnc(-c3ccccc3)n2)o1. The van der Waals surface area contributed by atoms with Crippen molar-refractivity contribution in [3.05, 3.63) is 42.1 Å². The summed E-state index contributed by atoms with van der Waals surface area (Å²) in [6.45, 7) is 6.37. The summed E-state index contributed by atoms with van der Waals surface area (Å²) in [6.07, 6.45) is 0. The van der Waals surface area contributed by atoms with E-state index in [9.17, 15) is 0 Å². The second-order valence-corrected chi connectivity index (χ2v) is 5.76. The predicted molar refractivity (Wildman–Crippen MR) is 75.4 cm³/mol. The summed E-state index contributed by atoms with van der Waals surface area (Å²) in [5.74, 6) is 1.64. The van der Waals surface area contributed by atoms with E-state index in [4.69, 9.17) is 4.42 Å². The van der Waals surface area contributed by atoms with Gasteiger partial charge in [-0.2, -0.15) is 4.80 Å². The highest BCUT2D eigenvalue weighted by Crippen LogP contribution is 2.20. The molecule has 2 heterocycles. The molecule has 3 aromatic rings. The summed E-state index contributed by atoms with van der Waals surface area (Å²) in [5.41, 5.74) is 0.751. The summed E-state index contributed by atoms with van der Waals surface area (Å²) in [5, 5.41) is 20.4. The zero-order valence-corrected chi connectivity index (χ0v) is 12.2. The molecule has 0 radical (unpaired) electrons. The van der Waals surface area contributed by atoms with Crippen LogP contribution in [0.15, 0.2) is 34.7 Å². The molecule has 0 aliphatic carbocycles. The molecular weight excluding hydrogens is 268 g/mol. The summed E-state index contributed by atoms with van der Waals surface area (Å²) < 4.78 is 5.62. The zero-order valence-electron chi connectivity index (χ0n) is 12.2. The number of rotatable bonds is 3. The molecule has 0 bridgehead atoms. The average Bonchev–Trinajstić information content (AvgIpc) is 3.09. The lowest BCUT2D eigenvalue weighted by Crippen LogP contribution is -2.11. The lowest BCUT2D eigenvalue weighted by Gasteiger charge is -2.10. The summed E-state index contributed by atoms with van der Waals surface area (Å²) >= 11 is 0. The Morgan fingerprint density at radius 1 is 1.05 bits per heavy atom. The van der Waals surface area contributed by atoms with Crippen molar-refractivity contribution in [1.29, 1.82) is 0 Å². The van der Waals surface area contributed by atoms with Gasteiger partial charge in [0.15, 0.2) is 0 Å². The Labute approximate surface area is 122 Å². The second-order valence-electron chi connectivity index (χ2n) is 5.76. The van der Waals surface area contributed by atoms with Gasteiger partial charge >= 0.3 is 0 Å². The molecule has 0 saturated carbocycles. The molecule has 0 aliphatic heterocycles. The Morgan fingerprint density at radius 3 is 2.48 bits per heavy atom. The van der Waals surface area contributed by atoms with Crippen molar-refractivity contribution < 1.29 is 4.42 Å². The summed E-state index contributed by atoms with van der Waals surface area (Å²) in [4.78, 5) is 1.45. The first-order valence-corrected chi connectivity index (χ1v) is 6.68. The first-order chi connectivity index (χ1) is 10.0. The van der Waals surface area contributed by atoms with Crippen LogP contribution in [0.1, 0.15) is 32.6 Å². The highest BCUT2D eigenvalue weighted by molar-refractivity contribution is 5.52. The highest BCUT2D eigenvalue weighted by Gasteiger charge is 2.21. The molecule has 0 saturated heterocycles. The van der Waals surface area contributed by atoms with Crippen LogP contribution in [-0.2, 0) is 12.0 Å². The molecule has 1 aromatic carbocycles. The minimum absolute atomic E-state index is 0.170. The van der Waals surface area contributed by atoms with Gasteiger partial charge in [-0.05, 0) is 5.21 Å². The lowest BCUT2D eigenvalue weighted by atomic mass is 9.97. The van der Waals surface area contributed by atoms with Crippen LogP contribution in [0, 0.1) is 0 Å². The molecule has 0 unspecified atom stereocenters. The van der Waals surface area contributed by atoms with E-state index in [1.54, 1.807) is 0 Å². The number of aromatic nitrogens is 6. The molecule has 21 heavy (non-hydrogen) atoms. The van der Waals surface area contributed by atoms with Gasteiger partial charge in [0, 0.05) is 11.0 Å². The van der Waals surface area contributed by atoms with Crippen LogP contribution in [0.4, 0.5) is 0 Å². The maximum absolute atomic E-state index is 5.62. The van der Waals surface area contributed by atoms with Crippen molar-refractivity contribution in [3.63, 3.8) is 0 Å². The van der Waals surface area contributed by atoms with Crippen LogP contribution in [0.3, 0.4) is 0 Å². The number of benzene rings is 1. The van der Waals surface area contributed by atoms with Gasteiger partial charge in [-0.3, -0.25) is 0 Å². The third kappa shape index (κ3) is 2.96. The number of hydrogen-bond acceptors (Lipinski definition) is 6. The predicted octanol–water partition coefficient (Wildman–Crippen LogP) is 2.07. The van der Waals surface area contributed by atoms with Gasteiger partial charge in [-0.1, -0.05) is 51.1 Å². The molecular formula is C14H16N6O. The minimum atomic E-state index is -0.170. The van der Waals surface area contributed by atoms with Gasteiger partial charge in [0.05, 0.1) is 0 Å². The van der Waals surface area contributed by atoms with Crippen LogP contribution in [0.25, 0.3) is 11.4 Å². The largest absolute Gasteiger partial charge is 0.423 e. The highest BCUT2D eigenvalue weighted by atomic mass is 16.4. The first kappa shape index (κ1) is 13.4. The van der Waals surface area contributed by atoms with E-state index in [1.807, 2.05) is 51.1 Å². The van der Waals surface area contributed by atoms with Crippen molar-refractivity contribution in [1.82, 2.24) is 30.4 Å². The van der Waals surface area contributed by atoms with Gasteiger partial charge in [0.25, 0.3) is 0 Å². The standard InChI is InChI=1S/C14H16N6O/c1-14(2,3)13-17-15-11(21-13)9-20-18-12(16-19-20)10-7-5-4-6-8-10/h4-8H,9H2,1-3H3. The van der Waals surface area contributed by atoms with E-state index in [0.717, 1.165) is 5.56 Å². The van der Waals surface area contributed by atoms with Crippen molar-refractivity contribution in [2.75, 3.05) is 0 Å². The molecule has 2 aromatic heterocycles. The number of nitrogens with zero attached hydrogens (tertiary/aromatic N) is 6. The van der Waals surface area contributed by atoms with Gasteiger partial charge < -0.3 is 4.42 Å². The van der Waals surface area contributed by atoms with E-state index in [0.29, 0.717) is 24.2 Å². The van der Waals surface area contributed by atoms with E-state index < -0.39 is 0 Å². The fourth-order valence-electron chi connectivity index (χ4n) is 1.75. The fraction of sp³-hybridized carbons (Fsp3) is 0.357. The molecule has 0 amide bonds. The third-order valence-electron chi connectivity index (χ3n) is 2.87. The van der Waals surface area contributed by atoms with E-state index in [-0.39, 0.29) is 5.41 Å². The van der Waals surface area contributed by atoms with E-state index >= 15 is 0 Å². The van der Waals surface area contributed by atoms with Gasteiger partial charge in [-0.25, -0.2) is 0 Å². The summed E-state index contributed by atoms with van der Waals surface area (Å²) in [6, 6.07) is 9.69. The van der Waals surface area contributed by atoms with Gasteiger partial charge in [-0.15, -0.1) is 20.4 Å². The van der Waals surface area contributed by atoms with E-state index in [2.05, 4.69) is 25.6 Å². The molecule has 0 fully saturated rings. The maximum atomic E-state index is 5.62. The topological polar surface area (TPSA) is 82.5 Å². The Kier molecular flexibility index (Phi) is 3.25. The molecule has 3 rings (SSSR count). The Hall–Kier alpha value is -2.57. The van der Waals surface area contributed by atoms with Crippen molar-refractivity contribution >= 4 is 0 Å². The third-order valence-corrected chi connectivity index (χ3v) is 2.87. The van der Waals surface area contributed by atoms with Gasteiger partial charge in [0.2, 0.25) is 17.6 Å². The second kappa shape index (κ2) is 5.08. The quantitative estimate of drug-likeness (QED) is 0.732. The Bertz CT molecular complexity index is 725. The molecule has 0 spiro atoms. The smallest absolute Gasteiger partial charge is 0.239 e. The monoisotopic (exact) mass is 284 g/mol. The molecule has 0 N–H and O–H groups in total. The molecule has 7 nitrogen and oxygen atoms in total. The molecule has 0 atom stereocenters. The van der Waals surface area contributed by atoms with Gasteiger partial charge in [0.1, 0.15) is 6.54 Å². The van der Waals surface area contributed by atoms with Crippen molar-refractivity contribution in [3.8, 4) is 11.4 Å². The molecule has 0 aliphatic rings. The molecule has 7 heteroatoms. The maximum Gasteiger partial charge on any atom is 0.239 e. The normalized spacial score (nSPS) is 11.8. The van der Waals surface area contributed by atoms with Crippen LogP contribution in [0.5, 0.6) is 0 Å². The minimum Gasteiger partial charge on any atom is -0.423 e. The molecule has 108 valence electrons. The van der Waals surface area contributed by atoms with Crippen LogP contribution in [-0.4, -0.2) is 30.4 Å². The lowest BCUT2D eigenvalue weighted by molar-refractivity contribution is 0.357. The van der Waals surface area contributed by atoms with Crippen molar-refractivity contribution in [2.24, 2.45) is 0 Å². The van der Waals surface area contributed by atoms with Crippen LogP contribution < -0.4 is 0 Å². The summed E-state index contributed by atoms with van der Waals surface area (Å²) in [7, 11) is 0. The number of hydrogen-bond donors (Lipinski definition) is 0. The van der Waals surface area contributed by atoms with Crippen LogP contribution >= 0.6 is 0 Å². The average molecular weight is 284 g/mol. The zero-order chi connectivity index (χ0) is 14.9. The fourth-order valence-corrected chi connectivity index (χ4v) is 1.75. The van der Waals surface area contributed by atoms with Crippen LogP contribution in [0.2, 0.25) is 0 Å². The van der Waals surface area contributed by atoms with E-state index in [1.165, 1.54) is 4.80 Å². The number of tetrazole rings is 1. The Morgan fingerprint density at radius 2 is 1.81 bits per heavy atom. The first-order valence-electron chi connectivity index (χ1n) is 6.68. The Balaban J connectivity index is 1.77. The van der Waals surface area contributed by atoms with Crippen molar-refractivity contribution in [2.45, 2.75) is 32.7 Å².